The number of hydrogen-bond donors (Lipinski definition) is 0. The number of halogens is 4. The Bertz CT molecular complexity index is 1130. The van der Waals surface area contributed by atoms with Crippen LogP contribution in [0.5, 0.6) is 5.88 Å². The molecular weight excluding hydrogens is 447 g/mol. The number of carbonyl (C=O) groups is 1. The summed E-state index contributed by atoms with van der Waals surface area (Å²) in [5, 5.41) is 15.5. The van der Waals surface area contributed by atoms with E-state index in [1.165, 1.54) is 13.1 Å². The van der Waals surface area contributed by atoms with E-state index >= 15 is 0 Å². The Morgan fingerprint density at radius 3 is 2.64 bits per heavy atom. The fourth-order valence-corrected chi connectivity index (χ4v) is 3.49. The molecule has 0 N–H and O–H groups in total. The number of aromatic nitrogens is 2. The molecule has 0 spiro atoms. The molecule has 7 nitrogen and oxygen atoms in total. The molecule has 0 aliphatic heterocycles. The Morgan fingerprint density at radius 1 is 1.36 bits per heavy atom. The van der Waals surface area contributed by atoms with Crippen LogP contribution in [0.3, 0.4) is 0 Å². The molecule has 0 amide bonds. The van der Waals surface area contributed by atoms with Crippen molar-refractivity contribution in [3.05, 3.63) is 61.4 Å². The first kappa shape index (κ1) is 19.8. The largest absolute Gasteiger partial charge is 0.417 e. The van der Waals surface area contributed by atoms with E-state index in [1.54, 1.807) is 6.92 Å². The van der Waals surface area contributed by atoms with Gasteiger partial charge in [0.25, 0.3) is 5.69 Å². The maximum absolute atomic E-state index is 13.6. The fourth-order valence-electron chi connectivity index (χ4n) is 2.81. The van der Waals surface area contributed by atoms with E-state index in [2.05, 4.69) is 25.8 Å². The normalized spacial score (nSPS) is 11.2. The lowest BCUT2D eigenvalue weighted by atomic mass is 9.97. The van der Waals surface area contributed by atoms with E-state index in [9.17, 15) is 28.1 Å². The number of nitro benzene ring substituents is 1. The lowest BCUT2D eigenvalue weighted by Gasteiger charge is -2.09. The number of hydrogen-bond acceptors (Lipinski definition) is 5. The molecule has 0 atom stereocenters. The highest BCUT2D eigenvalue weighted by atomic mass is 79.9. The van der Waals surface area contributed by atoms with Crippen LogP contribution in [-0.4, -0.2) is 27.1 Å². The summed E-state index contributed by atoms with van der Waals surface area (Å²) in [5.74, 6) is -1.88. The molecule has 0 fully saturated rings. The van der Waals surface area contributed by atoms with Gasteiger partial charge in [0.1, 0.15) is 16.9 Å². The summed E-state index contributed by atoms with van der Waals surface area (Å²) in [5.41, 5.74) is -0.659. The topological polar surface area (TPSA) is 87.3 Å². The van der Waals surface area contributed by atoms with Crippen molar-refractivity contribution in [3.8, 4) is 5.88 Å². The minimum atomic E-state index is -3.17. The Labute approximate surface area is 164 Å². The van der Waals surface area contributed by atoms with Crippen molar-refractivity contribution < 1.29 is 27.6 Å². The quantitative estimate of drug-likeness (QED) is 0.319. The average Bonchev–Trinajstić information content (AvgIpc) is 2.92. The molecular formula is C17H11BrF3N3O4. The second-order valence-corrected chi connectivity index (χ2v) is 6.63. The van der Waals surface area contributed by atoms with Gasteiger partial charge < -0.3 is 4.74 Å². The van der Waals surface area contributed by atoms with Crippen molar-refractivity contribution in [2.75, 3.05) is 0 Å². The van der Waals surface area contributed by atoms with Crippen LogP contribution in [0.1, 0.15) is 21.5 Å². The molecule has 1 heterocycles. The smallest absolute Gasteiger partial charge is 0.388 e. The van der Waals surface area contributed by atoms with Crippen LogP contribution >= 0.6 is 15.9 Å². The monoisotopic (exact) mass is 457 g/mol. The molecule has 3 rings (SSSR count). The highest BCUT2D eigenvalue weighted by Gasteiger charge is 2.31. The summed E-state index contributed by atoms with van der Waals surface area (Å²) >= 11 is 3.12. The highest BCUT2D eigenvalue weighted by Crippen LogP contribution is 2.40. The van der Waals surface area contributed by atoms with Gasteiger partial charge in [-0.1, -0.05) is 6.07 Å². The lowest BCUT2D eigenvalue weighted by Crippen LogP contribution is -2.09. The maximum Gasteiger partial charge on any atom is 0.388 e. The number of ether oxygens (including phenoxy) is 1. The number of carbonyl (C=O) groups excluding carboxylic acids is 1. The van der Waals surface area contributed by atoms with Gasteiger partial charge in [-0.3, -0.25) is 14.9 Å². The predicted molar refractivity (Wildman–Crippen MR) is 96.3 cm³/mol. The van der Waals surface area contributed by atoms with Crippen LogP contribution in [0.15, 0.2) is 28.7 Å². The molecule has 0 aliphatic rings. The van der Waals surface area contributed by atoms with E-state index in [-0.39, 0.29) is 26.5 Å². The van der Waals surface area contributed by atoms with Crippen LogP contribution in [0, 0.1) is 22.9 Å². The third-order valence-electron chi connectivity index (χ3n) is 4.06. The lowest BCUT2D eigenvalue weighted by molar-refractivity contribution is -0.385. The first-order valence-corrected chi connectivity index (χ1v) is 8.50. The number of nitrogens with zero attached hydrogens (tertiary/aromatic N) is 3. The second-order valence-electron chi connectivity index (χ2n) is 5.83. The van der Waals surface area contributed by atoms with Gasteiger partial charge in [-0.15, -0.1) is 0 Å². The van der Waals surface area contributed by atoms with Crippen molar-refractivity contribution in [1.82, 2.24) is 9.78 Å². The fraction of sp³-hybridized carbons (Fsp3) is 0.176. The predicted octanol–water partition coefficient (Wildman–Crippen LogP) is 4.52. The number of rotatable bonds is 5. The number of aryl methyl sites for hydroxylation is 2. The first-order valence-electron chi connectivity index (χ1n) is 7.71. The van der Waals surface area contributed by atoms with E-state index in [1.807, 2.05) is 0 Å². The molecule has 0 radical (unpaired) electrons. The van der Waals surface area contributed by atoms with Crippen molar-refractivity contribution in [2.24, 2.45) is 7.05 Å². The van der Waals surface area contributed by atoms with Gasteiger partial charge >= 0.3 is 6.61 Å². The van der Waals surface area contributed by atoms with E-state index in [0.29, 0.717) is 5.56 Å². The molecule has 0 unspecified atom stereocenters. The summed E-state index contributed by atoms with van der Waals surface area (Å²) in [6.07, 6.45) is 0. The zero-order chi connectivity index (χ0) is 20.7. The van der Waals surface area contributed by atoms with Crippen LogP contribution in [-0.2, 0) is 7.05 Å². The van der Waals surface area contributed by atoms with Gasteiger partial charge in [-0.2, -0.15) is 13.9 Å². The first-order chi connectivity index (χ1) is 13.1. The zero-order valence-corrected chi connectivity index (χ0v) is 16.0. The molecule has 3 aromatic rings. The van der Waals surface area contributed by atoms with Crippen molar-refractivity contribution >= 4 is 38.3 Å². The second kappa shape index (κ2) is 7.23. The molecule has 11 heteroatoms. The van der Waals surface area contributed by atoms with Gasteiger partial charge in [-0.05, 0) is 40.5 Å². The van der Waals surface area contributed by atoms with Gasteiger partial charge in [0, 0.05) is 18.7 Å². The van der Waals surface area contributed by atoms with Crippen LogP contribution in [0.2, 0.25) is 0 Å². The standard InChI is InChI=1S/C17H11BrF3N3O4/c1-7-3-4-8(19)5-9(7)15(25)12-11(24(26)27)6-10-14(13(12)18)22-23(2)16(10)28-17(20)21/h3-6,17H,1-2H3. The van der Waals surface area contributed by atoms with Crippen LogP contribution < -0.4 is 4.74 Å². The van der Waals surface area contributed by atoms with Crippen molar-refractivity contribution in [2.45, 2.75) is 13.5 Å². The summed E-state index contributed by atoms with van der Waals surface area (Å²) in [6, 6.07) is 4.44. The summed E-state index contributed by atoms with van der Waals surface area (Å²) in [6.45, 7) is -1.62. The van der Waals surface area contributed by atoms with Crippen LogP contribution in [0.4, 0.5) is 18.9 Å². The Balaban J connectivity index is 2.32. The van der Waals surface area contributed by atoms with Crippen LogP contribution in [0.25, 0.3) is 10.9 Å². The van der Waals surface area contributed by atoms with Gasteiger partial charge in [0.05, 0.1) is 14.8 Å². The third-order valence-corrected chi connectivity index (χ3v) is 4.83. The van der Waals surface area contributed by atoms with E-state index in [0.717, 1.165) is 22.9 Å². The van der Waals surface area contributed by atoms with Gasteiger partial charge in [0.2, 0.25) is 11.7 Å². The number of ketones is 1. The average molecular weight is 458 g/mol. The number of fused-ring (bicyclic) bond motifs is 1. The molecule has 28 heavy (non-hydrogen) atoms. The number of alkyl halides is 2. The number of nitro groups is 1. The summed E-state index contributed by atoms with van der Waals surface area (Å²) in [4.78, 5) is 23.8. The Morgan fingerprint density at radius 2 is 2.04 bits per heavy atom. The van der Waals surface area contributed by atoms with Crippen molar-refractivity contribution in [1.29, 1.82) is 0 Å². The number of benzene rings is 2. The molecule has 146 valence electrons. The van der Waals surface area contributed by atoms with Gasteiger partial charge in [-0.25, -0.2) is 9.07 Å². The van der Waals surface area contributed by atoms with Gasteiger partial charge in [0.15, 0.2) is 0 Å². The molecule has 1 aromatic heterocycles. The summed E-state index contributed by atoms with van der Waals surface area (Å²) in [7, 11) is 1.31. The maximum atomic E-state index is 13.6. The zero-order valence-electron chi connectivity index (χ0n) is 14.4. The highest BCUT2D eigenvalue weighted by molar-refractivity contribution is 9.10. The van der Waals surface area contributed by atoms with E-state index < -0.39 is 34.7 Å². The summed E-state index contributed by atoms with van der Waals surface area (Å²) < 4.78 is 44.3. The van der Waals surface area contributed by atoms with Crippen molar-refractivity contribution in [3.63, 3.8) is 0 Å². The van der Waals surface area contributed by atoms with E-state index in [4.69, 9.17) is 0 Å². The molecule has 0 saturated carbocycles. The molecule has 0 saturated heterocycles. The minimum absolute atomic E-state index is 0.0150. The SMILES string of the molecule is Cc1ccc(F)cc1C(=O)c1c([N+](=O)[O-])cc2c(OC(F)F)n(C)nc2c1Br. The molecule has 0 bridgehead atoms. The Hall–Kier alpha value is -2.95. The molecule has 0 aliphatic carbocycles. The Kier molecular flexibility index (Phi) is 5.11. The molecule has 2 aromatic carbocycles. The third kappa shape index (κ3) is 3.33. The minimum Gasteiger partial charge on any atom is -0.417 e.